The molecule has 2 atom stereocenters. The van der Waals surface area contributed by atoms with Crippen LogP contribution in [-0.2, 0) is 0 Å². The predicted molar refractivity (Wildman–Crippen MR) is 83.4 cm³/mol. The van der Waals surface area contributed by atoms with Crippen molar-refractivity contribution in [2.24, 2.45) is 23.2 Å². The van der Waals surface area contributed by atoms with Gasteiger partial charge in [-0.15, -0.1) is 0 Å². The molecule has 0 aromatic rings. The molecule has 2 aliphatic carbocycles. The molecule has 0 spiro atoms. The molecule has 2 nitrogen and oxygen atoms in total. The van der Waals surface area contributed by atoms with Crippen molar-refractivity contribution >= 4 is 0 Å². The van der Waals surface area contributed by atoms with Crippen molar-refractivity contribution in [3.63, 3.8) is 0 Å². The lowest BCUT2D eigenvalue weighted by molar-refractivity contribution is 0.166. The van der Waals surface area contributed by atoms with Gasteiger partial charge in [-0.2, -0.15) is 0 Å². The first-order valence-corrected chi connectivity index (χ1v) is 8.40. The summed E-state index contributed by atoms with van der Waals surface area (Å²) >= 11 is 0. The van der Waals surface area contributed by atoms with E-state index in [-0.39, 0.29) is 0 Å². The quantitative estimate of drug-likeness (QED) is 0.724. The highest BCUT2D eigenvalue weighted by Crippen LogP contribution is 2.41. The van der Waals surface area contributed by atoms with Crippen LogP contribution >= 0.6 is 0 Å². The van der Waals surface area contributed by atoms with Crippen LogP contribution in [-0.4, -0.2) is 38.1 Å². The SMILES string of the molecule is CC(C)CNCC1(CN(C)CC2CC2C)CCCC1. The van der Waals surface area contributed by atoms with E-state index < -0.39 is 0 Å². The number of rotatable bonds is 8. The Hall–Kier alpha value is -0.0800. The maximum Gasteiger partial charge on any atom is 0.00472 e. The number of nitrogens with zero attached hydrogens (tertiary/aromatic N) is 1. The summed E-state index contributed by atoms with van der Waals surface area (Å²) in [4.78, 5) is 2.62. The van der Waals surface area contributed by atoms with Crippen molar-refractivity contribution < 1.29 is 0 Å². The molecular weight excluding hydrogens is 232 g/mol. The summed E-state index contributed by atoms with van der Waals surface area (Å²) < 4.78 is 0. The first-order valence-electron chi connectivity index (χ1n) is 8.40. The Morgan fingerprint density at radius 1 is 1.26 bits per heavy atom. The molecular formula is C17H34N2. The van der Waals surface area contributed by atoms with Gasteiger partial charge in [-0.25, -0.2) is 0 Å². The molecule has 112 valence electrons. The van der Waals surface area contributed by atoms with E-state index in [1.165, 1.54) is 58.3 Å². The van der Waals surface area contributed by atoms with Gasteiger partial charge in [-0.05, 0) is 56.0 Å². The van der Waals surface area contributed by atoms with Gasteiger partial charge in [0.15, 0.2) is 0 Å². The summed E-state index contributed by atoms with van der Waals surface area (Å²) in [5.41, 5.74) is 0.571. The Morgan fingerprint density at radius 2 is 1.89 bits per heavy atom. The van der Waals surface area contributed by atoms with Crippen LogP contribution in [0.3, 0.4) is 0 Å². The smallest absolute Gasteiger partial charge is 0.00472 e. The van der Waals surface area contributed by atoms with Crippen LogP contribution in [0.25, 0.3) is 0 Å². The normalized spacial score (nSPS) is 29.4. The van der Waals surface area contributed by atoms with Crippen LogP contribution in [0.5, 0.6) is 0 Å². The average molecular weight is 266 g/mol. The topological polar surface area (TPSA) is 15.3 Å². The highest BCUT2D eigenvalue weighted by atomic mass is 15.1. The van der Waals surface area contributed by atoms with Crippen molar-refractivity contribution in [2.45, 2.75) is 52.9 Å². The van der Waals surface area contributed by atoms with Gasteiger partial charge in [0.1, 0.15) is 0 Å². The molecule has 0 radical (unpaired) electrons. The molecule has 2 unspecified atom stereocenters. The van der Waals surface area contributed by atoms with Gasteiger partial charge in [0, 0.05) is 19.6 Å². The fraction of sp³-hybridized carbons (Fsp3) is 1.00. The van der Waals surface area contributed by atoms with E-state index in [1.807, 2.05) is 0 Å². The third-order valence-corrected chi connectivity index (χ3v) is 5.14. The second-order valence-corrected chi connectivity index (χ2v) is 7.90. The fourth-order valence-electron chi connectivity index (χ4n) is 3.83. The molecule has 2 heteroatoms. The van der Waals surface area contributed by atoms with E-state index in [0.717, 1.165) is 17.8 Å². The highest BCUT2D eigenvalue weighted by molar-refractivity contribution is 4.91. The molecule has 0 amide bonds. The van der Waals surface area contributed by atoms with Crippen LogP contribution in [0.2, 0.25) is 0 Å². The maximum atomic E-state index is 3.72. The van der Waals surface area contributed by atoms with Gasteiger partial charge in [0.25, 0.3) is 0 Å². The maximum absolute atomic E-state index is 3.72. The van der Waals surface area contributed by atoms with Crippen LogP contribution in [0.4, 0.5) is 0 Å². The lowest BCUT2D eigenvalue weighted by Crippen LogP contribution is -2.42. The lowest BCUT2D eigenvalue weighted by atomic mass is 9.85. The van der Waals surface area contributed by atoms with Crippen molar-refractivity contribution in [1.82, 2.24) is 10.2 Å². The largest absolute Gasteiger partial charge is 0.316 e. The Bertz CT molecular complexity index is 268. The van der Waals surface area contributed by atoms with Crippen LogP contribution in [0.15, 0.2) is 0 Å². The number of nitrogens with one attached hydrogen (secondary N) is 1. The van der Waals surface area contributed by atoms with E-state index >= 15 is 0 Å². The molecule has 19 heavy (non-hydrogen) atoms. The molecule has 2 rings (SSSR count). The van der Waals surface area contributed by atoms with Gasteiger partial charge in [0.2, 0.25) is 0 Å². The van der Waals surface area contributed by atoms with Crippen molar-refractivity contribution in [2.75, 3.05) is 33.2 Å². The molecule has 0 aromatic heterocycles. The zero-order chi connectivity index (χ0) is 13.9. The summed E-state index contributed by atoms with van der Waals surface area (Å²) in [5, 5.41) is 3.72. The first-order chi connectivity index (χ1) is 9.01. The summed E-state index contributed by atoms with van der Waals surface area (Å²) in [6.45, 7) is 12.0. The Labute approximate surface area is 120 Å². The van der Waals surface area contributed by atoms with Crippen molar-refractivity contribution in [1.29, 1.82) is 0 Å². The van der Waals surface area contributed by atoms with E-state index in [0.29, 0.717) is 5.41 Å². The molecule has 0 aromatic carbocycles. The molecule has 0 saturated heterocycles. The fourth-order valence-corrected chi connectivity index (χ4v) is 3.83. The van der Waals surface area contributed by atoms with Gasteiger partial charge < -0.3 is 10.2 Å². The average Bonchev–Trinajstić information content (AvgIpc) is 2.83. The van der Waals surface area contributed by atoms with Gasteiger partial charge >= 0.3 is 0 Å². The van der Waals surface area contributed by atoms with Crippen molar-refractivity contribution in [3.8, 4) is 0 Å². The van der Waals surface area contributed by atoms with E-state index in [2.05, 4.69) is 38.0 Å². The minimum Gasteiger partial charge on any atom is -0.316 e. The molecule has 2 fully saturated rings. The standard InChI is InChI=1S/C17H34N2/c1-14(2)10-18-12-17(7-5-6-8-17)13-19(4)11-16-9-15(16)3/h14-16,18H,5-13H2,1-4H3. The van der Waals surface area contributed by atoms with Crippen LogP contribution in [0, 0.1) is 23.2 Å². The van der Waals surface area contributed by atoms with Gasteiger partial charge in [-0.3, -0.25) is 0 Å². The summed E-state index contributed by atoms with van der Waals surface area (Å²) in [7, 11) is 2.34. The highest BCUT2D eigenvalue weighted by Gasteiger charge is 2.37. The Morgan fingerprint density at radius 3 is 2.42 bits per heavy atom. The Kier molecular flexibility index (Phi) is 5.30. The molecule has 0 heterocycles. The van der Waals surface area contributed by atoms with E-state index in [4.69, 9.17) is 0 Å². The molecule has 1 N–H and O–H groups in total. The first kappa shape index (κ1) is 15.3. The molecule has 0 aliphatic heterocycles. The van der Waals surface area contributed by atoms with Gasteiger partial charge in [0.05, 0.1) is 0 Å². The lowest BCUT2D eigenvalue weighted by Gasteiger charge is -2.34. The van der Waals surface area contributed by atoms with Crippen LogP contribution in [0.1, 0.15) is 52.9 Å². The second kappa shape index (κ2) is 6.58. The monoisotopic (exact) mass is 266 g/mol. The zero-order valence-corrected chi connectivity index (χ0v) is 13.5. The zero-order valence-electron chi connectivity index (χ0n) is 13.5. The van der Waals surface area contributed by atoms with E-state index in [9.17, 15) is 0 Å². The molecule has 2 aliphatic rings. The number of hydrogen-bond acceptors (Lipinski definition) is 2. The molecule has 2 saturated carbocycles. The van der Waals surface area contributed by atoms with Crippen LogP contribution < -0.4 is 5.32 Å². The summed E-state index contributed by atoms with van der Waals surface area (Å²) in [6.07, 6.45) is 7.21. The molecule has 0 bridgehead atoms. The summed E-state index contributed by atoms with van der Waals surface area (Å²) in [6, 6.07) is 0. The minimum absolute atomic E-state index is 0.571. The second-order valence-electron chi connectivity index (χ2n) is 7.90. The van der Waals surface area contributed by atoms with Crippen molar-refractivity contribution in [3.05, 3.63) is 0 Å². The summed E-state index contributed by atoms with van der Waals surface area (Å²) in [5.74, 6) is 2.75. The third-order valence-electron chi connectivity index (χ3n) is 5.14. The Balaban J connectivity index is 1.77. The number of hydrogen-bond donors (Lipinski definition) is 1. The third kappa shape index (κ3) is 4.75. The van der Waals surface area contributed by atoms with Gasteiger partial charge in [-0.1, -0.05) is 33.6 Å². The minimum atomic E-state index is 0.571. The predicted octanol–water partition coefficient (Wildman–Crippen LogP) is 3.38. The van der Waals surface area contributed by atoms with E-state index in [1.54, 1.807) is 0 Å².